The lowest BCUT2D eigenvalue weighted by molar-refractivity contribution is -0.108. The number of nitrogens with two attached hydrogens (primary N) is 1. The zero-order valence-corrected chi connectivity index (χ0v) is 21.9. The fourth-order valence-electron chi connectivity index (χ4n) is 2.85. The Labute approximate surface area is 220 Å². The number of allylic oxidation sites excluding steroid dienone is 1. The van der Waals surface area contributed by atoms with Crippen LogP contribution in [0.2, 0.25) is 0 Å². The molecule has 0 aliphatic carbocycles. The molecule has 0 unspecified atom stereocenters. The second kappa shape index (κ2) is 22.2. The van der Waals surface area contributed by atoms with E-state index in [0.29, 0.717) is 83.9 Å². The summed E-state index contributed by atoms with van der Waals surface area (Å²) in [6.07, 6.45) is 8.06. The highest BCUT2D eigenvalue weighted by Crippen LogP contribution is 2.07. The largest absolute Gasteiger partial charge is 0.383 e. The van der Waals surface area contributed by atoms with Crippen LogP contribution in [0, 0.1) is 0 Å². The molecule has 0 bridgehead atoms. The monoisotopic (exact) mass is 518 g/mol. The van der Waals surface area contributed by atoms with E-state index in [4.69, 9.17) is 19.9 Å². The molecule has 0 amide bonds. The number of carbonyl (C=O) groups is 1. The van der Waals surface area contributed by atoms with Crippen LogP contribution in [-0.4, -0.2) is 109 Å². The number of aromatic nitrogens is 2. The highest BCUT2D eigenvalue weighted by molar-refractivity contribution is 5.84. The van der Waals surface area contributed by atoms with Crippen LogP contribution < -0.4 is 21.3 Å². The highest BCUT2D eigenvalue weighted by atomic mass is 16.5. The molecule has 206 valence electrons. The Hall–Kier alpha value is -3.03. The maximum Gasteiger partial charge on any atom is 0.225 e. The molecule has 0 spiro atoms. The molecule has 1 aromatic heterocycles. The fraction of sp³-hybridized carbons (Fsp3) is 0.560. The number of hydrogen-bond acceptors (Lipinski definition) is 12. The van der Waals surface area contributed by atoms with Crippen LogP contribution in [0.5, 0.6) is 0 Å². The molecule has 0 aliphatic rings. The number of ether oxygens (including phenoxy) is 3. The highest BCUT2D eigenvalue weighted by Gasteiger charge is 2.09. The van der Waals surface area contributed by atoms with Crippen molar-refractivity contribution in [3.8, 4) is 0 Å². The quantitative estimate of drug-likeness (QED) is 0.0758. The molecule has 12 nitrogen and oxygen atoms in total. The molecular formula is C25H42N8O4. The van der Waals surface area contributed by atoms with Gasteiger partial charge in [-0.1, -0.05) is 6.58 Å². The summed E-state index contributed by atoms with van der Waals surface area (Å²) in [6, 6.07) is 0. The van der Waals surface area contributed by atoms with Gasteiger partial charge in [-0.05, 0) is 13.8 Å². The minimum absolute atomic E-state index is 0.406. The van der Waals surface area contributed by atoms with Gasteiger partial charge < -0.3 is 40.3 Å². The predicted molar refractivity (Wildman–Crippen MR) is 147 cm³/mol. The van der Waals surface area contributed by atoms with Crippen LogP contribution >= 0.6 is 0 Å². The summed E-state index contributed by atoms with van der Waals surface area (Å²) < 4.78 is 16.2. The van der Waals surface area contributed by atoms with Gasteiger partial charge in [0.2, 0.25) is 5.95 Å². The van der Waals surface area contributed by atoms with Crippen LogP contribution in [0.1, 0.15) is 12.0 Å². The number of anilines is 1. The van der Waals surface area contributed by atoms with E-state index in [2.05, 4.69) is 48.8 Å². The molecule has 0 saturated carbocycles. The lowest BCUT2D eigenvalue weighted by atomic mass is 10.2. The van der Waals surface area contributed by atoms with Gasteiger partial charge in [-0.25, -0.2) is 9.97 Å². The van der Waals surface area contributed by atoms with E-state index in [9.17, 15) is 4.79 Å². The minimum atomic E-state index is 0.406. The first-order chi connectivity index (χ1) is 18.2. The average molecular weight is 519 g/mol. The van der Waals surface area contributed by atoms with Crippen molar-refractivity contribution >= 4 is 25.2 Å². The standard InChI is InChI=1S/C25H42N8O4/c1-22(30-7-12-36-14-16-37-15-13-35-11-4-10-34)24(20-28-3)21-29-6-9-33(8-5-27-2)25-31-18-23(17-26)19-32-25/h10,18-21,27,30H,1,3-9,11-17,26H2,2H3/b24-20+,29-21?. The second-order valence-corrected chi connectivity index (χ2v) is 7.69. The summed E-state index contributed by atoms with van der Waals surface area (Å²) in [5, 5.41) is 6.35. The third-order valence-corrected chi connectivity index (χ3v) is 4.86. The van der Waals surface area contributed by atoms with E-state index in [1.54, 1.807) is 24.8 Å². The van der Waals surface area contributed by atoms with Crippen molar-refractivity contribution in [3.63, 3.8) is 0 Å². The lowest BCUT2D eigenvalue weighted by Crippen LogP contribution is -2.34. The Morgan fingerprint density at radius 2 is 1.76 bits per heavy atom. The fourth-order valence-corrected chi connectivity index (χ4v) is 2.85. The molecule has 0 radical (unpaired) electrons. The van der Waals surface area contributed by atoms with Crippen molar-refractivity contribution in [3.05, 3.63) is 42.0 Å². The normalized spacial score (nSPS) is 11.6. The average Bonchev–Trinajstić information content (AvgIpc) is 2.92. The number of carbonyl (C=O) groups excluding carboxylic acids is 1. The van der Waals surface area contributed by atoms with Crippen molar-refractivity contribution in [2.75, 3.05) is 84.3 Å². The van der Waals surface area contributed by atoms with Gasteiger partial charge in [-0.3, -0.25) is 9.98 Å². The van der Waals surface area contributed by atoms with Crippen molar-refractivity contribution in [1.29, 1.82) is 0 Å². The Morgan fingerprint density at radius 1 is 1.08 bits per heavy atom. The molecule has 0 atom stereocenters. The van der Waals surface area contributed by atoms with E-state index in [1.165, 1.54) is 0 Å². The van der Waals surface area contributed by atoms with Gasteiger partial charge in [0, 0.05) is 80.8 Å². The first kappa shape index (κ1) is 32.0. The van der Waals surface area contributed by atoms with Crippen LogP contribution in [0.15, 0.2) is 46.4 Å². The molecular weight excluding hydrogens is 476 g/mol. The molecule has 0 saturated heterocycles. The van der Waals surface area contributed by atoms with Crippen molar-refractivity contribution in [2.45, 2.75) is 13.0 Å². The van der Waals surface area contributed by atoms with E-state index < -0.39 is 0 Å². The number of nitrogens with zero attached hydrogens (tertiary/aromatic N) is 5. The number of aliphatic imine (C=N–C) groups is 2. The van der Waals surface area contributed by atoms with E-state index in [1.807, 2.05) is 7.05 Å². The van der Waals surface area contributed by atoms with Crippen molar-refractivity contribution in [2.24, 2.45) is 15.7 Å². The smallest absolute Gasteiger partial charge is 0.225 e. The van der Waals surface area contributed by atoms with Crippen molar-refractivity contribution < 1.29 is 19.0 Å². The number of nitrogens with one attached hydrogen (secondary N) is 2. The molecule has 1 heterocycles. The SMILES string of the molecule is C=N/C=C(\C=NCCN(CCNC)c1ncc(CN)cn1)C(=C)NCCOCCOCCOCCC=O. The third kappa shape index (κ3) is 15.6. The van der Waals surface area contributed by atoms with Gasteiger partial charge in [0.25, 0.3) is 0 Å². The number of likely N-dealkylation sites (N-methyl/N-ethyl adjacent to an activating group) is 1. The molecule has 4 N–H and O–H groups in total. The molecule has 1 rings (SSSR count). The van der Waals surface area contributed by atoms with Crippen LogP contribution in [-0.2, 0) is 25.5 Å². The topological polar surface area (TPSA) is 149 Å². The Balaban J connectivity index is 2.34. The van der Waals surface area contributed by atoms with Crippen LogP contribution in [0.3, 0.4) is 0 Å². The summed E-state index contributed by atoms with van der Waals surface area (Å²) in [5.74, 6) is 0.644. The van der Waals surface area contributed by atoms with E-state index in [-0.39, 0.29) is 0 Å². The van der Waals surface area contributed by atoms with Gasteiger partial charge in [-0.15, -0.1) is 0 Å². The van der Waals surface area contributed by atoms with Gasteiger partial charge >= 0.3 is 0 Å². The minimum Gasteiger partial charge on any atom is -0.383 e. The summed E-state index contributed by atoms with van der Waals surface area (Å²) >= 11 is 0. The number of hydrogen-bond donors (Lipinski definition) is 3. The van der Waals surface area contributed by atoms with Gasteiger partial charge in [0.15, 0.2) is 0 Å². The Morgan fingerprint density at radius 3 is 2.38 bits per heavy atom. The summed E-state index contributed by atoms with van der Waals surface area (Å²) in [5.41, 5.74) is 7.94. The third-order valence-electron chi connectivity index (χ3n) is 4.86. The van der Waals surface area contributed by atoms with Crippen LogP contribution in [0.4, 0.5) is 5.95 Å². The van der Waals surface area contributed by atoms with Gasteiger partial charge in [0.05, 0.1) is 46.2 Å². The summed E-state index contributed by atoms with van der Waals surface area (Å²) in [6.45, 7) is 14.1. The lowest BCUT2D eigenvalue weighted by Gasteiger charge is -2.21. The molecule has 12 heteroatoms. The Kier molecular flexibility index (Phi) is 19.2. The Bertz CT molecular complexity index is 817. The van der Waals surface area contributed by atoms with Gasteiger partial charge in [-0.2, -0.15) is 0 Å². The number of rotatable bonds is 24. The summed E-state index contributed by atoms with van der Waals surface area (Å²) in [4.78, 5) is 29.5. The first-order valence-corrected chi connectivity index (χ1v) is 12.3. The van der Waals surface area contributed by atoms with Crippen molar-refractivity contribution in [1.82, 2.24) is 20.6 Å². The number of aldehydes is 1. The molecule has 37 heavy (non-hydrogen) atoms. The zero-order valence-electron chi connectivity index (χ0n) is 21.9. The zero-order chi connectivity index (χ0) is 27.0. The van der Waals surface area contributed by atoms with Crippen LogP contribution in [0.25, 0.3) is 0 Å². The second-order valence-electron chi connectivity index (χ2n) is 7.69. The summed E-state index contributed by atoms with van der Waals surface area (Å²) in [7, 11) is 1.91. The predicted octanol–water partition coefficient (Wildman–Crippen LogP) is 0.359. The van der Waals surface area contributed by atoms with E-state index in [0.717, 1.165) is 30.5 Å². The van der Waals surface area contributed by atoms with E-state index >= 15 is 0 Å². The maximum absolute atomic E-state index is 10.2. The maximum atomic E-state index is 10.2. The molecule has 1 aromatic rings. The molecule has 0 aliphatic heterocycles. The molecule has 0 fully saturated rings. The first-order valence-electron chi connectivity index (χ1n) is 12.3. The van der Waals surface area contributed by atoms with Gasteiger partial charge in [0.1, 0.15) is 6.29 Å². The molecule has 0 aromatic carbocycles.